The largest absolute Gasteiger partial charge is 0.489 e. The molecule has 1 aliphatic carbocycles. The van der Waals surface area contributed by atoms with Gasteiger partial charge in [-0.05, 0) is 44.7 Å². The number of halogens is 1. The van der Waals surface area contributed by atoms with E-state index in [1.54, 1.807) is 12.1 Å². The maximum Gasteiger partial charge on any atom is 0.191 e. The van der Waals surface area contributed by atoms with Gasteiger partial charge in [-0.3, -0.25) is 0 Å². The van der Waals surface area contributed by atoms with Gasteiger partial charge in [0.25, 0.3) is 0 Å². The van der Waals surface area contributed by atoms with Crippen LogP contribution in [0.25, 0.3) is 0 Å². The summed E-state index contributed by atoms with van der Waals surface area (Å²) in [7, 11) is 0. The lowest BCUT2D eigenvalue weighted by atomic mass is 10.3. The summed E-state index contributed by atoms with van der Waals surface area (Å²) < 4.78 is 18.7. The van der Waals surface area contributed by atoms with Crippen molar-refractivity contribution in [2.24, 2.45) is 10.9 Å². The van der Waals surface area contributed by atoms with Crippen molar-refractivity contribution < 1.29 is 9.13 Å². The van der Waals surface area contributed by atoms with Gasteiger partial charge in [0.1, 0.15) is 17.7 Å². The first kappa shape index (κ1) is 15.6. The van der Waals surface area contributed by atoms with Gasteiger partial charge in [0.15, 0.2) is 5.96 Å². The molecular formula is C16H24FN3O. The normalized spacial score (nSPS) is 16.4. The Morgan fingerprint density at radius 3 is 2.90 bits per heavy atom. The molecule has 0 heterocycles. The second kappa shape index (κ2) is 7.86. The summed E-state index contributed by atoms with van der Waals surface area (Å²) in [5, 5.41) is 6.55. The summed E-state index contributed by atoms with van der Waals surface area (Å²) in [6.07, 6.45) is 2.51. The average Bonchev–Trinajstić information content (AvgIpc) is 3.26. The van der Waals surface area contributed by atoms with Gasteiger partial charge in [0.05, 0.1) is 6.54 Å². The molecule has 0 radical (unpaired) electrons. The molecule has 5 heteroatoms. The van der Waals surface area contributed by atoms with Crippen LogP contribution in [-0.2, 0) is 0 Å². The molecule has 4 nitrogen and oxygen atoms in total. The lowest BCUT2D eigenvalue weighted by Crippen LogP contribution is -2.39. The van der Waals surface area contributed by atoms with Crippen molar-refractivity contribution in [3.63, 3.8) is 0 Å². The van der Waals surface area contributed by atoms with E-state index in [2.05, 4.69) is 15.6 Å². The Labute approximate surface area is 125 Å². The Morgan fingerprint density at radius 2 is 2.24 bits per heavy atom. The van der Waals surface area contributed by atoms with E-state index in [1.807, 2.05) is 13.8 Å². The van der Waals surface area contributed by atoms with Gasteiger partial charge >= 0.3 is 0 Å². The van der Waals surface area contributed by atoms with Gasteiger partial charge in [-0.15, -0.1) is 0 Å². The minimum absolute atomic E-state index is 0.108. The highest BCUT2D eigenvalue weighted by molar-refractivity contribution is 5.79. The lowest BCUT2D eigenvalue weighted by molar-refractivity contribution is 0.229. The Kier molecular flexibility index (Phi) is 5.84. The van der Waals surface area contributed by atoms with Crippen LogP contribution in [0.4, 0.5) is 4.39 Å². The molecule has 2 rings (SSSR count). The van der Waals surface area contributed by atoms with E-state index in [9.17, 15) is 4.39 Å². The highest BCUT2D eigenvalue weighted by Crippen LogP contribution is 2.27. The standard InChI is InChI=1S/C16H24FN3O/c1-3-18-16(20-11-13-7-8-13)19-10-12(2)21-15-6-4-5-14(17)9-15/h4-6,9,12-13H,3,7-8,10-11H2,1-2H3,(H2,18,19,20). The molecule has 0 aromatic heterocycles. The molecule has 0 spiro atoms. The Balaban J connectivity index is 1.80. The molecule has 0 bridgehead atoms. The second-order valence-corrected chi connectivity index (χ2v) is 5.43. The highest BCUT2D eigenvalue weighted by atomic mass is 19.1. The van der Waals surface area contributed by atoms with Crippen LogP contribution in [0, 0.1) is 11.7 Å². The van der Waals surface area contributed by atoms with E-state index in [0.717, 1.165) is 25.0 Å². The molecule has 0 amide bonds. The Morgan fingerprint density at radius 1 is 1.43 bits per heavy atom. The maximum atomic E-state index is 13.1. The van der Waals surface area contributed by atoms with E-state index in [4.69, 9.17) is 4.74 Å². The monoisotopic (exact) mass is 293 g/mol. The van der Waals surface area contributed by atoms with Gasteiger partial charge in [-0.1, -0.05) is 6.07 Å². The maximum absolute atomic E-state index is 13.1. The first-order valence-corrected chi connectivity index (χ1v) is 7.61. The van der Waals surface area contributed by atoms with E-state index in [-0.39, 0.29) is 11.9 Å². The number of hydrogen-bond donors (Lipinski definition) is 2. The molecular weight excluding hydrogens is 269 g/mol. The van der Waals surface area contributed by atoms with E-state index in [1.165, 1.54) is 25.0 Å². The number of nitrogens with one attached hydrogen (secondary N) is 2. The fourth-order valence-electron chi connectivity index (χ4n) is 1.93. The van der Waals surface area contributed by atoms with Crippen molar-refractivity contribution in [2.45, 2.75) is 32.8 Å². The summed E-state index contributed by atoms with van der Waals surface area (Å²) in [6.45, 7) is 6.30. The van der Waals surface area contributed by atoms with Crippen molar-refractivity contribution in [3.05, 3.63) is 30.1 Å². The van der Waals surface area contributed by atoms with Crippen molar-refractivity contribution >= 4 is 5.96 Å². The minimum atomic E-state index is -0.289. The summed E-state index contributed by atoms with van der Waals surface area (Å²) in [6, 6.07) is 6.18. The van der Waals surface area contributed by atoms with E-state index < -0.39 is 0 Å². The fourth-order valence-corrected chi connectivity index (χ4v) is 1.93. The molecule has 1 aromatic carbocycles. The molecule has 1 aliphatic rings. The third kappa shape index (κ3) is 6.02. The quantitative estimate of drug-likeness (QED) is 0.600. The topological polar surface area (TPSA) is 45.7 Å². The third-order valence-corrected chi connectivity index (χ3v) is 3.24. The first-order chi connectivity index (χ1) is 10.2. The molecule has 0 saturated heterocycles. The average molecular weight is 293 g/mol. The van der Waals surface area contributed by atoms with Crippen LogP contribution in [0.2, 0.25) is 0 Å². The number of guanidine groups is 1. The molecule has 21 heavy (non-hydrogen) atoms. The molecule has 2 N–H and O–H groups in total. The van der Waals surface area contributed by atoms with Gasteiger partial charge in [-0.25, -0.2) is 9.38 Å². The van der Waals surface area contributed by atoms with Crippen LogP contribution in [0.3, 0.4) is 0 Å². The van der Waals surface area contributed by atoms with Crippen LogP contribution in [0.5, 0.6) is 5.75 Å². The summed E-state index contributed by atoms with van der Waals surface area (Å²) in [5.41, 5.74) is 0. The first-order valence-electron chi connectivity index (χ1n) is 7.61. The number of nitrogens with zero attached hydrogens (tertiary/aromatic N) is 1. The molecule has 1 aromatic rings. The fraction of sp³-hybridized carbons (Fsp3) is 0.562. The van der Waals surface area contributed by atoms with Crippen LogP contribution >= 0.6 is 0 Å². The Bertz CT molecular complexity index is 474. The summed E-state index contributed by atoms with van der Waals surface area (Å²) in [5.74, 6) is 1.87. The van der Waals surface area contributed by atoms with Crippen molar-refractivity contribution in [3.8, 4) is 5.75 Å². The Hall–Kier alpha value is -1.78. The van der Waals surface area contributed by atoms with Crippen molar-refractivity contribution in [1.82, 2.24) is 10.6 Å². The van der Waals surface area contributed by atoms with Gasteiger partial charge < -0.3 is 15.4 Å². The minimum Gasteiger partial charge on any atom is -0.489 e. The second-order valence-electron chi connectivity index (χ2n) is 5.43. The van der Waals surface area contributed by atoms with Crippen LogP contribution in [0.15, 0.2) is 29.3 Å². The number of aliphatic imine (C=N–C) groups is 1. The molecule has 116 valence electrons. The predicted molar refractivity (Wildman–Crippen MR) is 83.2 cm³/mol. The van der Waals surface area contributed by atoms with Gasteiger partial charge in [-0.2, -0.15) is 0 Å². The smallest absolute Gasteiger partial charge is 0.191 e. The van der Waals surface area contributed by atoms with Crippen LogP contribution in [-0.4, -0.2) is 31.7 Å². The van der Waals surface area contributed by atoms with Crippen LogP contribution in [0.1, 0.15) is 26.7 Å². The van der Waals surface area contributed by atoms with Crippen molar-refractivity contribution in [1.29, 1.82) is 0 Å². The third-order valence-electron chi connectivity index (χ3n) is 3.24. The zero-order chi connectivity index (χ0) is 15.1. The van der Waals surface area contributed by atoms with Crippen molar-refractivity contribution in [2.75, 3.05) is 19.6 Å². The number of hydrogen-bond acceptors (Lipinski definition) is 2. The number of rotatable bonds is 7. The highest BCUT2D eigenvalue weighted by Gasteiger charge is 2.21. The molecule has 1 fully saturated rings. The van der Waals surface area contributed by atoms with E-state index >= 15 is 0 Å². The zero-order valence-electron chi connectivity index (χ0n) is 12.7. The predicted octanol–water partition coefficient (Wildman–Crippen LogP) is 2.56. The summed E-state index contributed by atoms with van der Waals surface area (Å²) in [4.78, 5) is 4.51. The molecule has 0 aliphatic heterocycles. The molecule has 1 saturated carbocycles. The van der Waals surface area contributed by atoms with Gasteiger partial charge in [0.2, 0.25) is 0 Å². The lowest BCUT2D eigenvalue weighted by Gasteiger charge is -2.15. The van der Waals surface area contributed by atoms with Gasteiger partial charge in [0, 0.05) is 19.2 Å². The molecule has 1 atom stereocenters. The number of benzene rings is 1. The zero-order valence-corrected chi connectivity index (χ0v) is 12.7. The summed E-state index contributed by atoms with van der Waals surface area (Å²) >= 11 is 0. The molecule has 1 unspecified atom stereocenters. The number of ether oxygens (including phenoxy) is 1. The van der Waals surface area contributed by atoms with E-state index in [0.29, 0.717) is 12.3 Å². The van der Waals surface area contributed by atoms with Crippen LogP contribution < -0.4 is 15.4 Å². The SMILES string of the molecule is CCNC(=NCC(C)Oc1cccc(F)c1)NCC1CC1.